The molecule has 0 radical (unpaired) electrons. The summed E-state index contributed by atoms with van der Waals surface area (Å²) in [5, 5.41) is 12.4. The monoisotopic (exact) mass is 419 g/mol. The van der Waals surface area contributed by atoms with E-state index in [2.05, 4.69) is 15.5 Å². The van der Waals surface area contributed by atoms with Crippen LogP contribution < -0.4 is 5.32 Å². The number of aryl methyl sites for hydroxylation is 2. The lowest BCUT2D eigenvalue weighted by Gasteiger charge is -2.10. The van der Waals surface area contributed by atoms with Gasteiger partial charge in [-0.05, 0) is 56.7 Å². The Balaban J connectivity index is 1.54. The number of carbonyl (C=O) groups excluding carboxylic acids is 1. The van der Waals surface area contributed by atoms with Crippen LogP contribution in [0.15, 0.2) is 60.8 Å². The number of halogens is 1. The van der Waals surface area contributed by atoms with Gasteiger partial charge in [-0.25, -0.2) is 4.68 Å². The zero-order valence-electron chi connectivity index (χ0n) is 17.1. The van der Waals surface area contributed by atoms with Crippen LogP contribution in [0.3, 0.4) is 0 Å². The number of amides is 1. The normalized spacial score (nSPS) is 10.9. The smallest absolute Gasteiger partial charge is 0.259 e. The summed E-state index contributed by atoms with van der Waals surface area (Å²) in [7, 11) is 0. The number of benzene rings is 2. The first-order valence-electron chi connectivity index (χ1n) is 9.63. The van der Waals surface area contributed by atoms with Crippen molar-refractivity contribution < 1.29 is 4.79 Å². The zero-order chi connectivity index (χ0) is 21.3. The Morgan fingerprint density at radius 3 is 2.60 bits per heavy atom. The van der Waals surface area contributed by atoms with Crippen molar-refractivity contribution in [2.24, 2.45) is 0 Å². The van der Waals surface area contributed by atoms with Crippen molar-refractivity contribution in [2.75, 3.05) is 5.32 Å². The fourth-order valence-electron chi connectivity index (χ4n) is 3.45. The van der Waals surface area contributed by atoms with Gasteiger partial charge in [0.2, 0.25) is 0 Å². The molecule has 0 unspecified atom stereocenters. The number of aromatic nitrogens is 4. The van der Waals surface area contributed by atoms with Crippen molar-refractivity contribution in [1.29, 1.82) is 0 Å². The molecule has 7 heteroatoms. The molecule has 152 valence electrons. The third-order valence-electron chi connectivity index (χ3n) is 4.96. The highest BCUT2D eigenvalue weighted by atomic mass is 35.5. The van der Waals surface area contributed by atoms with Gasteiger partial charge in [0.1, 0.15) is 0 Å². The summed E-state index contributed by atoms with van der Waals surface area (Å²) in [5.41, 5.74) is 5.83. The van der Waals surface area contributed by atoms with E-state index >= 15 is 0 Å². The van der Waals surface area contributed by atoms with E-state index in [0.29, 0.717) is 17.1 Å². The molecule has 2 heterocycles. The molecule has 6 nitrogen and oxygen atoms in total. The van der Waals surface area contributed by atoms with Crippen LogP contribution >= 0.6 is 11.6 Å². The Bertz CT molecular complexity index is 1220. The third kappa shape index (κ3) is 4.00. The van der Waals surface area contributed by atoms with Crippen LogP contribution in [0, 0.1) is 20.8 Å². The second-order valence-corrected chi connectivity index (χ2v) is 7.65. The van der Waals surface area contributed by atoms with Gasteiger partial charge in [0.15, 0.2) is 0 Å². The van der Waals surface area contributed by atoms with Gasteiger partial charge in [-0.1, -0.05) is 35.9 Å². The molecule has 0 aliphatic carbocycles. The maximum absolute atomic E-state index is 12.9. The molecule has 1 N–H and O–H groups in total. The largest absolute Gasteiger partial charge is 0.322 e. The summed E-state index contributed by atoms with van der Waals surface area (Å²) >= 11 is 6.28. The predicted octanol–water partition coefficient (Wildman–Crippen LogP) is 4.95. The number of nitrogens with zero attached hydrogens (tertiary/aromatic N) is 4. The molecule has 0 aliphatic rings. The maximum Gasteiger partial charge on any atom is 0.259 e. The van der Waals surface area contributed by atoms with Crippen LogP contribution in [0.1, 0.15) is 33.0 Å². The molecule has 2 aromatic heterocycles. The highest BCUT2D eigenvalue weighted by Gasteiger charge is 2.16. The van der Waals surface area contributed by atoms with E-state index in [1.807, 2.05) is 74.0 Å². The Morgan fingerprint density at radius 1 is 1.07 bits per heavy atom. The highest BCUT2D eigenvalue weighted by molar-refractivity contribution is 6.32. The molecule has 0 saturated heterocycles. The van der Waals surface area contributed by atoms with Crippen molar-refractivity contribution in [3.63, 3.8) is 0 Å². The van der Waals surface area contributed by atoms with E-state index in [9.17, 15) is 4.79 Å². The molecule has 4 rings (SSSR count). The van der Waals surface area contributed by atoms with Gasteiger partial charge >= 0.3 is 0 Å². The van der Waals surface area contributed by atoms with E-state index in [1.165, 1.54) is 0 Å². The van der Waals surface area contributed by atoms with Gasteiger partial charge in [0.05, 0.1) is 40.4 Å². The highest BCUT2D eigenvalue weighted by Crippen LogP contribution is 2.23. The molecule has 1 amide bonds. The Kier molecular flexibility index (Phi) is 5.42. The van der Waals surface area contributed by atoms with Gasteiger partial charge in [-0.3, -0.25) is 9.48 Å². The molecule has 2 aromatic carbocycles. The van der Waals surface area contributed by atoms with Crippen LogP contribution in [0.5, 0.6) is 0 Å². The number of anilines is 1. The number of nitrogens with one attached hydrogen (secondary N) is 1. The van der Waals surface area contributed by atoms with Crippen molar-refractivity contribution >= 4 is 23.2 Å². The molecular formula is C23H22ClN5O. The number of rotatable bonds is 5. The number of hydrogen-bond donors (Lipinski definition) is 1. The fraction of sp³-hybridized carbons (Fsp3) is 0.174. The summed E-state index contributed by atoms with van der Waals surface area (Å²) in [6.07, 6.45) is 1.56. The lowest BCUT2D eigenvalue weighted by Crippen LogP contribution is -2.13. The van der Waals surface area contributed by atoms with Gasteiger partial charge < -0.3 is 5.32 Å². The summed E-state index contributed by atoms with van der Waals surface area (Å²) in [6.45, 7) is 6.51. The summed E-state index contributed by atoms with van der Waals surface area (Å²) in [6, 6.07) is 17.2. The second-order valence-electron chi connectivity index (χ2n) is 7.25. The molecule has 0 aliphatic heterocycles. The number of hydrogen-bond acceptors (Lipinski definition) is 3. The van der Waals surface area contributed by atoms with E-state index in [1.54, 1.807) is 16.9 Å². The van der Waals surface area contributed by atoms with Gasteiger partial charge in [-0.15, -0.1) is 0 Å². The quantitative estimate of drug-likeness (QED) is 0.497. The molecule has 0 bridgehead atoms. The van der Waals surface area contributed by atoms with Crippen molar-refractivity contribution in [3.05, 3.63) is 94.0 Å². The average Bonchev–Trinajstić information content (AvgIpc) is 3.24. The standard InChI is InChI=1S/C23H22ClN5O/c1-15-11-16(2)28(27-15)14-18-7-6-8-19(12-18)26-23(30)20-13-25-29(17(20)3)22-10-5-4-9-21(22)24/h4-13H,14H2,1-3H3,(H,26,30). The first-order valence-corrected chi connectivity index (χ1v) is 10.0. The van der Waals surface area contributed by atoms with Crippen molar-refractivity contribution in [3.8, 4) is 5.69 Å². The first kappa shape index (κ1) is 19.9. The average molecular weight is 420 g/mol. The van der Waals surface area contributed by atoms with E-state index < -0.39 is 0 Å². The van der Waals surface area contributed by atoms with Crippen LogP contribution in [0.4, 0.5) is 5.69 Å². The Labute approximate surface area is 180 Å². The van der Waals surface area contributed by atoms with Gasteiger partial charge in [0, 0.05) is 11.4 Å². The number of para-hydroxylation sites is 1. The number of carbonyl (C=O) groups is 1. The summed E-state index contributed by atoms with van der Waals surface area (Å²) < 4.78 is 3.63. The molecule has 0 fully saturated rings. The third-order valence-corrected chi connectivity index (χ3v) is 5.28. The first-order chi connectivity index (χ1) is 14.4. The van der Waals surface area contributed by atoms with Crippen LogP contribution in [0.25, 0.3) is 5.69 Å². The van der Waals surface area contributed by atoms with Gasteiger partial charge in [0.25, 0.3) is 5.91 Å². The molecule has 0 atom stereocenters. The minimum atomic E-state index is -0.214. The molecule has 30 heavy (non-hydrogen) atoms. The predicted molar refractivity (Wildman–Crippen MR) is 119 cm³/mol. The van der Waals surface area contributed by atoms with Crippen molar-refractivity contribution in [1.82, 2.24) is 19.6 Å². The second kappa shape index (κ2) is 8.16. The lowest BCUT2D eigenvalue weighted by molar-refractivity contribution is 0.102. The van der Waals surface area contributed by atoms with E-state index in [-0.39, 0.29) is 5.91 Å². The molecule has 4 aromatic rings. The Morgan fingerprint density at radius 2 is 1.87 bits per heavy atom. The SMILES string of the molecule is Cc1cc(C)n(Cc2cccc(NC(=O)c3cnn(-c4ccccc4Cl)c3C)c2)n1. The fourth-order valence-corrected chi connectivity index (χ4v) is 3.67. The van der Waals surface area contributed by atoms with E-state index in [0.717, 1.165) is 34.0 Å². The van der Waals surface area contributed by atoms with Crippen LogP contribution in [-0.4, -0.2) is 25.5 Å². The van der Waals surface area contributed by atoms with Gasteiger partial charge in [-0.2, -0.15) is 10.2 Å². The van der Waals surface area contributed by atoms with E-state index in [4.69, 9.17) is 11.6 Å². The molecule has 0 spiro atoms. The zero-order valence-corrected chi connectivity index (χ0v) is 17.8. The summed E-state index contributed by atoms with van der Waals surface area (Å²) in [5.74, 6) is -0.214. The lowest BCUT2D eigenvalue weighted by atomic mass is 10.2. The maximum atomic E-state index is 12.9. The minimum absolute atomic E-state index is 0.214. The van der Waals surface area contributed by atoms with Crippen molar-refractivity contribution in [2.45, 2.75) is 27.3 Å². The minimum Gasteiger partial charge on any atom is -0.322 e. The molecular weight excluding hydrogens is 398 g/mol. The molecule has 0 saturated carbocycles. The van der Waals surface area contributed by atoms with Crippen LogP contribution in [-0.2, 0) is 6.54 Å². The summed E-state index contributed by atoms with van der Waals surface area (Å²) in [4.78, 5) is 12.9. The topological polar surface area (TPSA) is 64.7 Å². The Hall–Kier alpha value is -3.38. The van der Waals surface area contributed by atoms with Crippen LogP contribution in [0.2, 0.25) is 5.02 Å².